The highest BCUT2D eigenvalue weighted by Crippen LogP contribution is 2.58. The molecule has 1 fully saturated rings. The van der Waals surface area contributed by atoms with Gasteiger partial charge in [0.05, 0.1) is 6.10 Å². The molecule has 0 spiro atoms. The quantitative estimate of drug-likeness (QED) is 0.580. The molecule has 1 aliphatic heterocycles. The molecule has 1 N–H and O–H groups in total. The average Bonchev–Trinajstić information content (AvgIpc) is 3.39. The highest BCUT2D eigenvalue weighted by atomic mass is 35.5. The van der Waals surface area contributed by atoms with Gasteiger partial charge in [-0.05, 0) is 83.8 Å². The number of hydrogen-bond acceptors (Lipinski definition) is 3. The van der Waals surface area contributed by atoms with Gasteiger partial charge in [-0.2, -0.15) is 0 Å². The normalized spacial score (nSPS) is 23.5. The van der Waals surface area contributed by atoms with Gasteiger partial charge in [0.1, 0.15) is 0 Å². The molecule has 2 heterocycles. The smallest absolute Gasteiger partial charge is 0.0833 e. The van der Waals surface area contributed by atoms with Crippen molar-refractivity contribution in [1.29, 1.82) is 0 Å². The van der Waals surface area contributed by atoms with Gasteiger partial charge >= 0.3 is 0 Å². The van der Waals surface area contributed by atoms with Crippen molar-refractivity contribution in [3.8, 4) is 0 Å². The number of rotatable bonds is 4. The molecule has 2 bridgehead atoms. The van der Waals surface area contributed by atoms with E-state index in [1.165, 1.54) is 34.2 Å². The van der Waals surface area contributed by atoms with Gasteiger partial charge in [0, 0.05) is 35.8 Å². The minimum Gasteiger partial charge on any atom is -0.388 e. The summed E-state index contributed by atoms with van der Waals surface area (Å²) >= 11 is 6.78. The molecule has 158 valence electrons. The van der Waals surface area contributed by atoms with Gasteiger partial charge in [0.15, 0.2) is 0 Å². The van der Waals surface area contributed by atoms with Crippen LogP contribution in [0.25, 0.3) is 0 Å². The Kier molecular flexibility index (Phi) is 4.86. The topological polar surface area (TPSA) is 36.4 Å². The Labute approximate surface area is 188 Å². The molecule has 3 nitrogen and oxygen atoms in total. The van der Waals surface area contributed by atoms with Crippen LogP contribution in [0.15, 0.2) is 60.9 Å². The van der Waals surface area contributed by atoms with E-state index in [9.17, 15) is 5.11 Å². The first-order valence-electron chi connectivity index (χ1n) is 11.4. The molecule has 1 saturated heterocycles. The third-order valence-corrected chi connectivity index (χ3v) is 8.12. The molecule has 4 heteroatoms. The molecule has 0 unspecified atom stereocenters. The van der Waals surface area contributed by atoms with Gasteiger partial charge in [-0.15, -0.1) is 0 Å². The van der Waals surface area contributed by atoms with Gasteiger partial charge in [-0.25, -0.2) is 0 Å². The van der Waals surface area contributed by atoms with Gasteiger partial charge in [0.25, 0.3) is 0 Å². The number of pyridine rings is 1. The molecule has 3 atom stereocenters. The van der Waals surface area contributed by atoms with E-state index >= 15 is 0 Å². The number of halogens is 1. The van der Waals surface area contributed by atoms with Crippen molar-refractivity contribution in [2.45, 2.75) is 43.7 Å². The van der Waals surface area contributed by atoms with Crippen molar-refractivity contribution in [1.82, 2.24) is 9.88 Å². The van der Waals surface area contributed by atoms with Crippen LogP contribution in [-0.2, 0) is 6.54 Å². The van der Waals surface area contributed by atoms with Gasteiger partial charge in [-0.1, -0.05) is 48.0 Å². The lowest BCUT2D eigenvalue weighted by Crippen LogP contribution is -2.35. The standard InChI is InChI=1S/C27H27ClN2O/c28-25-8-7-21-22-14-23(20-6-2-1-5-19(20)22)26(21)24(25)16-30-12-9-17(10-13-30)27(31)18-4-3-11-29-15-18/h1-8,11,15,17,22-23,27,31H,9-10,12-14,16H2/t22-,23-,27+/m0/s1. The first-order valence-corrected chi connectivity index (χ1v) is 11.8. The third-order valence-electron chi connectivity index (χ3n) is 7.76. The number of piperidine rings is 1. The number of aliphatic hydroxyl groups is 1. The van der Waals surface area contributed by atoms with Crippen LogP contribution in [0.2, 0.25) is 5.02 Å². The molecule has 3 aromatic rings. The Morgan fingerprint density at radius 3 is 2.48 bits per heavy atom. The fraction of sp³-hybridized carbons (Fsp3) is 0.370. The number of benzene rings is 2. The number of aliphatic hydroxyl groups excluding tert-OH is 1. The van der Waals surface area contributed by atoms with Crippen molar-refractivity contribution in [2.24, 2.45) is 5.92 Å². The van der Waals surface area contributed by atoms with Gasteiger partial charge in [0.2, 0.25) is 0 Å². The van der Waals surface area contributed by atoms with E-state index in [2.05, 4.69) is 46.3 Å². The van der Waals surface area contributed by atoms with Crippen LogP contribution in [0.3, 0.4) is 0 Å². The molecule has 2 aromatic carbocycles. The van der Waals surface area contributed by atoms with Gasteiger partial charge in [-0.3, -0.25) is 9.88 Å². The number of fused-ring (bicyclic) bond motifs is 8. The zero-order valence-electron chi connectivity index (χ0n) is 17.5. The summed E-state index contributed by atoms with van der Waals surface area (Å²) in [7, 11) is 0. The van der Waals surface area contributed by atoms with E-state index in [4.69, 9.17) is 11.6 Å². The highest BCUT2D eigenvalue weighted by molar-refractivity contribution is 6.31. The lowest BCUT2D eigenvalue weighted by atomic mass is 9.83. The maximum Gasteiger partial charge on any atom is 0.0833 e. The maximum atomic E-state index is 10.8. The summed E-state index contributed by atoms with van der Waals surface area (Å²) < 4.78 is 0. The largest absolute Gasteiger partial charge is 0.388 e. The molecule has 6 rings (SSSR count). The van der Waals surface area contributed by atoms with Crippen molar-refractivity contribution >= 4 is 11.6 Å². The molecule has 1 aromatic heterocycles. The maximum absolute atomic E-state index is 10.8. The van der Waals surface area contributed by atoms with E-state index in [0.717, 1.165) is 43.1 Å². The van der Waals surface area contributed by atoms with Crippen LogP contribution in [0, 0.1) is 5.92 Å². The van der Waals surface area contributed by atoms with Crippen LogP contribution in [-0.4, -0.2) is 28.1 Å². The van der Waals surface area contributed by atoms with Crippen LogP contribution in [0.4, 0.5) is 0 Å². The first-order chi connectivity index (χ1) is 15.2. The monoisotopic (exact) mass is 430 g/mol. The molecule has 0 saturated carbocycles. The SMILES string of the molecule is O[C@@H](c1cccnc1)C1CCN(Cc2c(Cl)ccc3c2[C@H]2C[C@H]3c3ccccc32)CC1. The number of aromatic nitrogens is 1. The average molecular weight is 431 g/mol. The zero-order chi connectivity index (χ0) is 20.9. The van der Waals surface area contributed by atoms with E-state index in [0.29, 0.717) is 17.8 Å². The Morgan fingerprint density at radius 2 is 1.74 bits per heavy atom. The summed E-state index contributed by atoms with van der Waals surface area (Å²) in [5.74, 6) is 1.32. The number of hydrogen-bond donors (Lipinski definition) is 1. The Balaban J connectivity index is 1.20. The van der Waals surface area contributed by atoms with Crippen molar-refractivity contribution < 1.29 is 5.11 Å². The third kappa shape index (κ3) is 3.22. The van der Waals surface area contributed by atoms with E-state index < -0.39 is 6.10 Å². The van der Waals surface area contributed by atoms with Crippen LogP contribution < -0.4 is 0 Å². The second-order valence-corrected chi connectivity index (χ2v) is 9.75. The minimum atomic E-state index is -0.423. The van der Waals surface area contributed by atoms with Crippen LogP contribution in [0.5, 0.6) is 0 Å². The van der Waals surface area contributed by atoms with Crippen molar-refractivity contribution in [3.63, 3.8) is 0 Å². The highest BCUT2D eigenvalue weighted by Gasteiger charge is 2.43. The molecule has 0 radical (unpaired) electrons. The lowest BCUT2D eigenvalue weighted by Gasteiger charge is -2.35. The summed E-state index contributed by atoms with van der Waals surface area (Å²) in [5, 5.41) is 11.7. The molecule has 3 aliphatic rings. The van der Waals surface area contributed by atoms with Crippen LogP contribution >= 0.6 is 11.6 Å². The molecule has 2 aliphatic carbocycles. The summed E-state index contributed by atoms with van der Waals surface area (Å²) in [6.45, 7) is 2.89. The second kappa shape index (κ2) is 7.74. The fourth-order valence-corrected chi connectivity index (χ4v) is 6.43. The predicted molar refractivity (Wildman–Crippen MR) is 123 cm³/mol. The van der Waals surface area contributed by atoms with Crippen molar-refractivity contribution in [2.75, 3.05) is 13.1 Å². The molecular weight excluding hydrogens is 404 g/mol. The summed E-state index contributed by atoms with van der Waals surface area (Å²) in [5.41, 5.74) is 8.26. The van der Waals surface area contributed by atoms with E-state index in [1.54, 1.807) is 12.4 Å². The Morgan fingerprint density at radius 1 is 0.968 bits per heavy atom. The molecular formula is C27H27ClN2O. The molecule has 0 amide bonds. The van der Waals surface area contributed by atoms with Crippen molar-refractivity contribution in [3.05, 3.63) is 99.3 Å². The summed E-state index contributed by atoms with van der Waals surface area (Å²) in [6, 6.07) is 17.2. The fourth-order valence-electron chi connectivity index (χ4n) is 6.21. The second-order valence-electron chi connectivity index (χ2n) is 9.34. The Bertz CT molecular complexity index is 1110. The summed E-state index contributed by atoms with van der Waals surface area (Å²) in [4.78, 5) is 6.68. The lowest BCUT2D eigenvalue weighted by molar-refractivity contribution is 0.0565. The van der Waals surface area contributed by atoms with Crippen LogP contribution in [0.1, 0.15) is 70.6 Å². The minimum absolute atomic E-state index is 0.292. The number of likely N-dealkylation sites (tertiary alicyclic amines) is 1. The molecule has 31 heavy (non-hydrogen) atoms. The van der Waals surface area contributed by atoms with Gasteiger partial charge < -0.3 is 5.11 Å². The number of nitrogens with zero attached hydrogens (tertiary/aromatic N) is 2. The predicted octanol–water partition coefficient (Wildman–Crippen LogP) is 5.66. The zero-order valence-corrected chi connectivity index (χ0v) is 18.3. The van der Waals surface area contributed by atoms with E-state index in [-0.39, 0.29) is 0 Å². The first kappa shape index (κ1) is 19.5. The Hall–Kier alpha value is -2.20. The van der Waals surface area contributed by atoms with E-state index in [1.807, 2.05) is 12.1 Å². The summed E-state index contributed by atoms with van der Waals surface area (Å²) in [6.07, 6.45) is 6.31.